The molecule has 0 radical (unpaired) electrons. The van der Waals surface area contributed by atoms with Gasteiger partial charge in [0.05, 0.1) is 5.69 Å². The maximum Gasteiger partial charge on any atom is 0.229 e. The predicted octanol–water partition coefficient (Wildman–Crippen LogP) is 4.99. The van der Waals surface area contributed by atoms with Crippen molar-refractivity contribution >= 4 is 17.5 Å². The second kappa shape index (κ2) is 7.25. The molecule has 0 aliphatic carbocycles. The molecule has 0 unspecified atom stereocenters. The van der Waals surface area contributed by atoms with Gasteiger partial charge in [0.2, 0.25) is 5.95 Å². The largest absolute Gasteiger partial charge is 0.368 e. The van der Waals surface area contributed by atoms with Crippen LogP contribution in [0.1, 0.15) is 13.8 Å². The summed E-state index contributed by atoms with van der Waals surface area (Å²) in [5, 5.41) is 5.84. The highest BCUT2D eigenvalue weighted by atomic mass is 19.1. The summed E-state index contributed by atoms with van der Waals surface area (Å²) in [6.07, 6.45) is 0. The minimum absolute atomic E-state index is 0.119. The van der Waals surface area contributed by atoms with Crippen molar-refractivity contribution in [3.8, 4) is 11.3 Å². The summed E-state index contributed by atoms with van der Waals surface area (Å²) in [7, 11) is 0. The molecule has 3 rings (SSSR count). The van der Waals surface area contributed by atoms with Crippen LogP contribution in [-0.4, -0.2) is 16.0 Å². The molecule has 0 aliphatic rings. The number of para-hydroxylation sites is 1. The molecule has 1 heterocycles. The fraction of sp³-hybridized carbons (Fsp3) is 0.158. The molecular formula is C19H18F2N4. The molecule has 0 aliphatic heterocycles. The van der Waals surface area contributed by atoms with E-state index in [-0.39, 0.29) is 17.7 Å². The van der Waals surface area contributed by atoms with Crippen molar-refractivity contribution in [1.82, 2.24) is 9.97 Å². The number of benzene rings is 2. The fourth-order valence-electron chi connectivity index (χ4n) is 2.36. The minimum atomic E-state index is -0.702. The molecule has 1 aromatic heterocycles. The van der Waals surface area contributed by atoms with Crippen molar-refractivity contribution < 1.29 is 8.78 Å². The van der Waals surface area contributed by atoms with Crippen molar-refractivity contribution in [3.05, 3.63) is 66.2 Å². The number of anilines is 3. The van der Waals surface area contributed by atoms with Gasteiger partial charge in [0, 0.05) is 17.7 Å². The summed E-state index contributed by atoms with van der Waals surface area (Å²) in [4.78, 5) is 8.70. The van der Waals surface area contributed by atoms with E-state index in [9.17, 15) is 8.78 Å². The van der Waals surface area contributed by atoms with Crippen LogP contribution < -0.4 is 10.6 Å². The second-order valence-electron chi connectivity index (χ2n) is 5.85. The third-order valence-corrected chi connectivity index (χ3v) is 3.43. The molecule has 0 bridgehead atoms. The van der Waals surface area contributed by atoms with E-state index in [1.165, 1.54) is 18.2 Å². The third-order valence-electron chi connectivity index (χ3n) is 3.43. The van der Waals surface area contributed by atoms with Crippen LogP contribution in [0.2, 0.25) is 0 Å². The van der Waals surface area contributed by atoms with E-state index in [4.69, 9.17) is 0 Å². The van der Waals surface area contributed by atoms with E-state index in [0.717, 1.165) is 5.56 Å². The number of nitrogens with one attached hydrogen (secondary N) is 2. The zero-order chi connectivity index (χ0) is 17.8. The van der Waals surface area contributed by atoms with Gasteiger partial charge in [0.15, 0.2) is 0 Å². The quantitative estimate of drug-likeness (QED) is 0.687. The summed E-state index contributed by atoms with van der Waals surface area (Å²) >= 11 is 0. The number of halogens is 2. The van der Waals surface area contributed by atoms with E-state index < -0.39 is 11.6 Å². The maximum atomic E-state index is 13.9. The monoisotopic (exact) mass is 340 g/mol. The van der Waals surface area contributed by atoms with E-state index in [0.29, 0.717) is 11.5 Å². The zero-order valence-electron chi connectivity index (χ0n) is 13.9. The molecule has 0 spiro atoms. The molecule has 25 heavy (non-hydrogen) atoms. The Morgan fingerprint density at radius 1 is 0.880 bits per heavy atom. The predicted molar refractivity (Wildman–Crippen MR) is 95.9 cm³/mol. The van der Waals surface area contributed by atoms with Gasteiger partial charge in [-0.05, 0) is 26.0 Å². The Bertz CT molecular complexity index is 846. The smallest absolute Gasteiger partial charge is 0.229 e. The number of rotatable bonds is 5. The van der Waals surface area contributed by atoms with Gasteiger partial charge in [-0.25, -0.2) is 13.8 Å². The van der Waals surface area contributed by atoms with Crippen LogP contribution in [0.15, 0.2) is 54.6 Å². The summed E-state index contributed by atoms with van der Waals surface area (Å²) in [5.41, 5.74) is 1.26. The molecule has 2 N–H and O–H groups in total. The lowest BCUT2D eigenvalue weighted by Crippen LogP contribution is -2.12. The zero-order valence-corrected chi connectivity index (χ0v) is 13.9. The number of nitrogens with zero attached hydrogens (tertiary/aromatic N) is 2. The molecule has 0 fully saturated rings. The van der Waals surface area contributed by atoms with Gasteiger partial charge in [-0.3, -0.25) is 0 Å². The Balaban J connectivity index is 2.03. The van der Waals surface area contributed by atoms with E-state index in [1.54, 1.807) is 6.07 Å². The first-order chi connectivity index (χ1) is 12.0. The lowest BCUT2D eigenvalue weighted by molar-refractivity contribution is 0.590. The average molecular weight is 340 g/mol. The van der Waals surface area contributed by atoms with Crippen molar-refractivity contribution in [1.29, 1.82) is 0 Å². The number of aromatic nitrogens is 2. The maximum absolute atomic E-state index is 13.9. The third kappa shape index (κ3) is 4.09. The molecule has 0 saturated carbocycles. The topological polar surface area (TPSA) is 49.8 Å². The first kappa shape index (κ1) is 16.8. The van der Waals surface area contributed by atoms with Crippen LogP contribution in [-0.2, 0) is 0 Å². The van der Waals surface area contributed by atoms with Gasteiger partial charge < -0.3 is 10.6 Å². The molecule has 128 valence electrons. The van der Waals surface area contributed by atoms with Gasteiger partial charge in [-0.2, -0.15) is 4.98 Å². The van der Waals surface area contributed by atoms with E-state index in [2.05, 4.69) is 20.6 Å². The Morgan fingerprint density at radius 3 is 2.20 bits per heavy atom. The lowest BCUT2D eigenvalue weighted by Gasteiger charge is -2.14. The summed E-state index contributed by atoms with van der Waals surface area (Å²) in [6, 6.07) is 15.2. The molecular weight excluding hydrogens is 322 g/mol. The highest BCUT2D eigenvalue weighted by Gasteiger charge is 2.12. The van der Waals surface area contributed by atoms with Crippen LogP contribution in [0.5, 0.6) is 0 Å². The molecule has 0 amide bonds. The molecule has 0 atom stereocenters. The van der Waals surface area contributed by atoms with E-state index in [1.807, 2.05) is 44.2 Å². The van der Waals surface area contributed by atoms with Gasteiger partial charge in [-0.15, -0.1) is 0 Å². The number of hydrogen-bond acceptors (Lipinski definition) is 4. The molecule has 2 aromatic carbocycles. The van der Waals surface area contributed by atoms with Crippen LogP contribution in [0.25, 0.3) is 11.3 Å². The van der Waals surface area contributed by atoms with Crippen molar-refractivity contribution in [3.63, 3.8) is 0 Å². The fourth-order valence-corrected chi connectivity index (χ4v) is 2.36. The number of hydrogen-bond donors (Lipinski definition) is 2. The molecule has 0 saturated heterocycles. The normalized spacial score (nSPS) is 10.8. The van der Waals surface area contributed by atoms with Crippen LogP contribution >= 0.6 is 0 Å². The average Bonchev–Trinajstić information content (AvgIpc) is 2.58. The van der Waals surface area contributed by atoms with Gasteiger partial charge in [0.25, 0.3) is 0 Å². The van der Waals surface area contributed by atoms with Crippen molar-refractivity contribution in [2.75, 3.05) is 10.6 Å². The summed E-state index contributed by atoms with van der Waals surface area (Å²) in [6.45, 7) is 3.96. The first-order valence-corrected chi connectivity index (χ1v) is 7.95. The minimum Gasteiger partial charge on any atom is -0.368 e. The van der Waals surface area contributed by atoms with Crippen molar-refractivity contribution in [2.45, 2.75) is 19.9 Å². The SMILES string of the molecule is CC(C)Nc1cc(-c2ccccc2)nc(Nc2c(F)cccc2F)n1. The molecule has 6 heteroatoms. The van der Waals surface area contributed by atoms with Gasteiger partial charge >= 0.3 is 0 Å². The molecule has 4 nitrogen and oxygen atoms in total. The van der Waals surface area contributed by atoms with Crippen molar-refractivity contribution in [2.24, 2.45) is 0 Å². The van der Waals surface area contributed by atoms with Crippen LogP contribution in [0.4, 0.5) is 26.2 Å². The summed E-state index contributed by atoms with van der Waals surface area (Å²) in [5.74, 6) is -0.712. The standard InChI is InChI=1S/C19H18F2N4/c1-12(2)22-17-11-16(13-7-4-3-5-8-13)23-19(24-17)25-18-14(20)9-6-10-15(18)21/h3-12H,1-2H3,(H2,22,23,24,25). The highest BCUT2D eigenvalue weighted by molar-refractivity contribution is 5.66. The van der Waals surface area contributed by atoms with Gasteiger partial charge in [0.1, 0.15) is 23.1 Å². The van der Waals surface area contributed by atoms with Crippen LogP contribution in [0.3, 0.4) is 0 Å². The lowest BCUT2D eigenvalue weighted by atomic mass is 10.1. The van der Waals surface area contributed by atoms with Gasteiger partial charge in [-0.1, -0.05) is 36.4 Å². The highest BCUT2D eigenvalue weighted by Crippen LogP contribution is 2.25. The Kier molecular flexibility index (Phi) is 4.88. The summed E-state index contributed by atoms with van der Waals surface area (Å²) < 4.78 is 27.8. The Labute approximate surface area is 145 Å². The Hall–Kier alpha value is -3.02. The second-order valence-corrected chi connectivity index (χ2v) is 5.85. The first-order valence-electron chi connectivity index (χ1n) is 7.95. The molecule has 3 aromatic rings. The Morgan fingerprint density at radius 2 is 1.56 bits per heavy atom. The van der Waals surface area contributed by atoms with Crippen LogP contribution in [0, 0.1) is 11.6 Å². The van der Waals surface area contributed by atoms with E-state index >= 15 is 0 Å².